The molecule has 0 radical (unpaired) electrons. The highest BCUT2D eigenvalue weighted by Crippen LogP contribution is 2.16. The maximum atomic E-state index is 11.5. The summed E-state index contributed by atoms with van der Waals surface area (Å²) in [6.45, 7) is 0.393. The van der Waals surface area contributed by atoms with Gasteiger partial charge in [0, 0.05) is 25.2 Å². The number of pyridine rings is 1. The molecule has 1 N–H and O–H groups in total. The van der Waals surface area contributed by atoms with Gasteiger partial charge in [-0.3, -0.25) is 14.4 Å². The van der Waals surface area contributed by atoms with Gasteiger partial charge in [-0.25, -0.2) is 0 Å². The van der Waals surface area contributed by atoms with E-state index in [4.69, 9.17) is 0 Å². The fraction of sp³-hybridized carbons (Fsp3) is 0.300. The lowest BCUT2D eigenvalue weighted by Gasteiger charge is -2.25. The molecular weight excluding hydrogens is 196 g/mol. The lowest BCUT2D eigenvalue weighted by atomic mass is 10.1. The van der Waals surface area contributed by atoms with Crippen molar-refractivity contribution in [2.75, 3.05) is 11.4 Å². The summed E-state index contributed by atoms with van der Waals surface area (Å²) in [5.74, 6) is -0.237. The van der Waals surface area contributed by atoms with Crippen LogP contribution in [0.2, 0.25) is 0 Å². The highest BCUT2D eigenvalue weighted by molar-refractivity contribution is 6.08. The number of Topliss-reactive ketones (excluding diaryl/α,β-unsaturated/α-hetero) is 1. The molecule has 1 saturated heterocycles. The lowest BCUT2D eigenvalue weighted by molar-refractivity contribution is -0.128. The third-order valence-electron chi connectivity index (χ3n) is 2.34. The highest BCUT2D eigenvalue weighted by Gasteiger charge is 2.24. The Morgan fingerprint density at radius 2 is 2.00 bits per heavy atom. The Bertz CT molecular complexity index is 443. The first-order valence-corrected chi connectivity index (χ1v) is 4.67. The first-order valence-electron chi connectivity index (χ1n) is 4.67. The summed E-state index contributed by atoms with van der Waals surface area (Å²) < 4.78 is 0. The van der Waals surface area contributed by atoms with Gasteiger partial charge in [0.25, 0.3) is 0 Å². The molecule has 0 saturated carbocycles. The third kappa shape index (κ3) is 1.96. The van der Waals surface area contributed by atoms with E-state index in [-0.39, 0.29) is 23.7 Å². The van der Waals surface area contributed by atoms with Crippen LogP contribution in [0.4, 0.5) is 5.69 Å². The maximum Gasteiger partial charge on any atom is 0.248 e. The van der Waals surface area contributed by atoms with Gasteiger partial charge >= 0.3 is 0 Å². The normalized spacial score (nSPS) is 16.9. The Kier molecular flexibility index (Phi) is 2.37. The average Bonchev–Trinajstić information content (AvgIpc) is 2.20. The summed E-state index contributed by atoms with van der Waals surface area (Å²) in [6, 6.07) is 2.94. The number of nitrogens with zero attached hydrogens (tertiary/aromatic N) is 1. The van der Waals surface area contributed by atoms with Gasteiger partial charge in [0.05, 0.1) is 12.1 Å². The van der Waals surface area contributed by atoms with E-state index in [1.54, 1.807) is 6.07 Å². The van der Waals surface area contributed by atoms with Crippen molar-refractivity contribution in [2.45, 2.75) is 12.8 Å². The van der Waals surface area contributed by atoms with Gasteiger partial charge in [-0.15, -0.1) is 0 Å². The second-order valence-electron chi connectivity index (χ2n) is 3.42. The highest BCUT2D eigenvalue weighted by atomic mass is 16.2. The number of aromatic amines is 1. The zero-order valence-electron chi connectivity index (χ0n) is 8.03. The van der Waals surface area contributed by atoms with Crippen molar-refractivity contribution in [3.63, 3.8) is 0 Å². The number of hydrogen-bond donors (Lipinski definition) is 1. The number of ketones is 1. The number of piperidine rings is 1. The summed E-state index contributed by atoms with van der Waals surface area (Å²) in [5, 5.41) is 0. The molecule has 2 heterocycles. The van der Waals surface area contributed by atoms with Gasteiger partial charge in [-0.1, -0.05) is 0 Å². The first-order chi connectivity index (χ1) is 7.16. The molecule has 2 rings (SSSR count). The smallest absolute Gasteiger partial charge is 0.248 e. The predicted molar refractivity (Wildman–Crippen MR) is 53.7 cm³/mol. The molecular formula is C10H10N2O3. The number of H-pyrrole nitrogens is 1. The standard InChI is InChI=1S/C10H10N2O3/c13-8-3-4-12(10(15)5-8)7-1-2-9(14)11-6-7/h1-2,6H,3-5H2,(H,11,14). The minimum Gasteiger partial charge on any atom is -0.327 e. The monoisotopic (exact) mass is 206 g/mol. The van der Waals surface area contributed by atoms with Gasteiger partial charge in [0.1, 0.15) is 5.78 Å². The molecule has 0 aromatic carbocycles. The van der Waals surface area contributed by atoms with Crippen LogP contribution in [-0.2, 0) is 9.59 Å². The molecule has 1 aromatic rings. The van der Waals surface area contributed by atoms with Crippen molar-refractivity contribution in [1.82, 2.24) is 4.98 Å². The molecule has 1 amide bonds. The molecule has 5 nitrogen and oxygen atoms in total. The number of carbonyl (C=O) groups excluding carboxylic acids is 2. The van der Waals surface area contributed by atoms with E-state index in [0.29, 0.717) is 18.7 Å². The minimum atomic E-state index is -0.210. The summed E-state index contributed by atoms with van der Waals surface area (Å²) in [7, 11) is 0. The topological polar surface area (TPSA) is 70.2 Å². The van der Waals surface area contributed by atoms with Gasteiger partial charge in [0.2, 0.25) is 11.5 Å². The molecule has 1 fully saturated rings. The summed E-state index contributed by atoms with van der Waals surface area (Å²) in [4.78, 5) is 37.3. The van der Waals surface area contributed by atoms with Crippen LogP contribution < -0.4 is 10.5 Å². The number of amides is 1. The van der Waals surface area contributed by atoms with Crippen molar-refractivity contribution in [1.29, 1.82) is 0 Å². The number of anilines is 1. The van der Waals surface area contributed by atoms with Crippen LogP contribution in [-0.4, -0.2) is 23.2 Å². The van der Waals surface area contributed by atoms with Gasteiger partial charge in [-0.2, -0.15) is 0 Å². The number of hydrogen-bond acceptors (Lipinski definition) is 3. The van der Waals surface area contributed by atoms with Crippen LogP contribution >= 0.6 is 0 Å². The number of carbonyl (C=O) groups is 2. The SMILES string of the molecule is O=C1CCN(c2ccc(=O)[nH]c2)C(=O)C1. The summed E-state index contributed by atoms with van der Waals surface area (Å²) >= 11 is 0. The second-order valence-corrected chi connectivity index (χ2v) is 3.42. The lowest BCUT2D eigenvalue weighted by Crippen LogP contribution is -2.39. The fourth-order valence-corrected chi connectivity index (χ4v) is 1.56. The molecule has 78 valence electrons. The van der Waals surface area contributed by atoms with Gasteiger partial charge < -0.3 is 9.88 Å². The van der Waals surface area contributed by atoms with Gasteiger partial charge in [0.15, 0.2) is 0 Å². The fourth-order valence-electron chi connectivity index (χ4n) is 1.56. The number of aromatic nitrogens is 1. The van der Waals surface area contributed by atoms with Crippen molar-refractivity contribution in [2.24, 2.45) is 0 Å². The Balaban J connectivity index is 2.24. The number of rotatable bonds is 1. The van der Waals surface area contributed by atoms with Crippen molar-refractivity contribution in [3.05, 3.63) is 28.7 Å². The van der Waals surface area contributed by atoms with E-state index in [0.717, 1.165) is 0 Å². The average molecular weight is 206 g/mol. The summed E-state index contributed by atoms with van der Waals surface area (Å²) in [5.41, 5.74) is 0.423. The summed E-state index contributed by atoms with van der Waals surface area (Å²) in [6.07, 6.45) is 1.82. The molecule has 0 spiro atoms. The molecule has 15 heavy (non-hydrogen) atoms. The molecule has 1 aliphatic rings. The quantitative estimate of drug-likeness (QED) is 0.661. The third-order valence-corrected chi connectivity index (χ3v) is 2.34. The molecule has 1 aromatic heterocycles. The Morgan fingerprint density at radius 3 is 2.60 bits per heavy atom. The van der Waals surface area contributed by atoms with Crippen molar-refractivity contribution in [3.8, 4) is 0 Å². The van der Waals surface area contributed by atoms with Crippen LogP contribution in [0.5, 0.6) is 0 Å². The molecule has 0 unspecified atom stereocenters. The van der Waals surface area contributed by atoms with E-state index in [9.17, 15) is 14.4 Å². The van der Waals surface area contributed by atoms with E-state index >= 15 is 0 Å². The molecule has 5 heteroatoms. The van der Waals surface area contributed by atoms with Crippen LogP contribution in [0.15, 0.2) is 23.1 Å². The van der Waals surface area contributed by atoms with Crippen molar-refractivity contribution < 1.29 is 9.59 Å². The molecule has 0 bridgehead atoms. The zero-order chi connectivity index (χ0) is 10.8. The largest absolute Gasteiger partial charge is 0.327 e. The first kappa shape index (κ1) is 9.64. The predicted octanol–water partition coefficient (Wildman–Crippen LogP) is 0.0708. The van der Waals surface area contributed by atoms with Crippen LogP contribution in [0.25, 0.3) is 0 Å². The van der Waals surface area contributed by atoms with Crippen LogP contribution in [0.1, 0.15) is 12.8 Å². The Labute approximate surface area is 85.7 Å². The van der Waals surface area contributed by atoms with E-state index < -0.39 is 0 Å². The molecule has 0 atom stereocenters. The van der Waals surface area contributed by atoms with E-state index in [1.165, 1.54) is 17.2 Å². The zero-order valence-corrected chi connectivity index (χ0v) is 8.03. The van der Waals surface area contributed by atoms with Crippen molar-refractivity contribution >= 4 is 17.4 Å². The molecule has 0 aliphatic carbocycles. The Morgan fingerprint density at radius 1 is 1.20 bits per heavy atom. The van der Waals surface area contributed by atoms with Crippen LogP contribution in [0, 0.1) is 0 Å². The number of nitrogens with one attached hydrogen (secondary N) is 1. The maximum absolute atomic E-state index is 11.5. The molecule has 1 aliphatic heterocycles. The van der Waals surface area contributed by atoms with E-state index in [2.05, 4.69) is 4.98 Å². The van der Waals surface area contributed by atoms with E-state index in [1.807, 2.05) is 0 Å². The van der Waals surface area contributed by atoms with Crippen LogP contribution in [0.3, 0.4) is 0 Å². The van der Waals surface area contributed by atoms with Gasteiger partial charge in [-0.05, 0) is 6.07 Å². The Hall–Kier alpha value is -1.91. The second kappa shape index (κ2) is 3.68. The minimum absolute atomic E-state index is 0.0272.